The van der Waals surface area contributed by atoms with Gasteiger partial charge < -0.3 is 0 Å². The zero-order valence-electron chi connectivity index (χ0n) is 16.5. The molecule has 0 saturated carbocycles. The molecule has 1 saturated heterocycles. The van der Waals surface area contributed by atoms with Gasteiger partial charge in [-0.15, -0.1) is 0 Å². The molecule has 2 nitrogen and oxygen atoms in total. The Kier molecular flexibility index (Phi) is 6.01. The van der Waals surface area contributed by atoms with Crippen LogP contribution in [0.25, 0.3) is 0 Å². The molecule has 152 valence electrons. The van der Waals surface area contributed by atoms with Crippen LogP contribution in [0.2, 0.25) is 0 Å². The van der Waals surface area contributed by atoms with E-state index in [1.807, 2.05) is 18.2 Å². The van der Waals surface area contributed by atoms with Gasteiger partial charge in [0.15, 0.2) is 0 Å². The van der Waals surface area contributed by atoms with Crippen LogP contribution in [-0.4, -0.2) is 22.1 Å². The third-order valence-corrected chi connectivity index (χ3v) is 10.6. The number of anilines is 2. The molecule has 0 unspecified atom stereocenters. The molecule has 0 atom stereocenters. The molecule has 0 radical (unpaired) electrons. The van der Waals surface area contributed by atoms with Crippen molar-refractivity contribution in [1.82, 2.24) is 0 Å². The van der Waals surface area contributed by atoms with Crippen LogP contribution in [0.5, 0.6) is 0 Å². The van der Waals surface area contributed by atoms with Crippen molar-refractivity contribution in [2.45, 2.75) is 13.8 Å². The molecule has 3 aromatic rings. The van der Waals surface area contributed by atoms with E-state index >= 15 is 0 Å². The van der Waals surface area contributed by atoms with Crippen molar-refractivity contribution in [3.8, 4) is 0 Å². The van der Waals surface area contributed by atoms with Crippen molar-refractivity contribution in [3.63, 3.8) is 0 Å². The molecule has 0 amide bonds. The molecule has 1 aliphatic heterocycles. The maximum atomic E-state index is 7.23. The van der Waals surface area contributed by atoms with E-state index in [4.69, 9.17) is 19.4 Å². The molecule has 0 spiro atoms. The van der Waals surface area contributed by atoms with Gasteiger partial charge in [-0.25, -0.2) is 0 Å². The van der Waals surface area contributed by atoms with Crippen molar-refractivity contribution in [2.24, 2.45) is 0 Å². The number of halogens is 2. The predicted octanol–water partition coefficient (Wildman–Crippen LogP) is 6.03. The Morgan fingerprint density at radius 2 is 1.14 bits per heavy atom. The fourth-order valence-electron chi connectivity index (χ4n) is 3.66. The van der Waals surface area contributed by atoms with Crippen molar-refractivity contribution in [3.05, 3.63) is 95.6 Å². The number of aryl methyl sites for hydroxylation is 2. The van der Waals surface area contributed by atoms with Crippen molar-refractivity contribution >= 4 is 39.7 Å². The quantitative estimate of drug-likeness (QED) is 0.396. The van der Waals surface area contributed by atoms with Gasteiger partial charge in [0, 0.05) is 0 Å². The van der Waals surface area contributed by atoms with E-state index in [9.17, 15) is 0 Å². The van der Waals surface area contributed by atoms with Crippen LogP contribution in [-0.2, 0) is 11.9 Å². The molecule has 4 rings (SSSR count). The fourth-order valence-corrected chi connectivity index (χ4v) is 9.77. The van der Waals surface area contributed by atoms with Gasteiger partial charge in [-0.2, -0.15) is 0 Å². The van der Waals surface area contributed by atoms with Gasteiger partial charge in [-0.1, -0.05) is 0 Å². The molecule has 1 aliphatic rings. The number of rotatable bonds is 3. The average Bonchev–Trinajstić information content (AvgIpc) is 3.15. The van der Waals surface area contributed by atoms with Crippen LogP contribution >= 0.6 is 19.4 Å². The number of para-hydroxylation sites is 2. The van der Waals surface area contributed by atoms with Crippen LogP contribution in [0.4, 0.5) is 11.4 Å². The number of benzene rings is 3. The van der Waals surface area contributed by atoms with E-state index in [1.54, 1.807) is 0 Å². The Bertz CT molecular complexity index is 1080. The summed E-state index contributed by atoms with van der Waals surface area (Å²) in [5.41, 5.74) is 5.86. The average molecular weight is 512 g/mol. The number of hydrogen-bond acceptors (Lipinski definition) is 2. The number of hydrogen-bond donors (Lipinski definition) is 0. The first kappa shape index (κ1) is 20.5. The standard InChI is InChI=1S/C17H18N2.C7H6.2ClH.Ru/c1-14-7-3-5-9-16(14)18-11-12-19(13-18)17-10-6-4-8-15(17)2;1-7-5-3-2-4-6-7;;;/h3-10H,11-12H2,1-2H3;1-6H;2*1H;/q;;;;+2/p-2. The van der Waals surface area contributed by atoms with Crippen LogP contribution in [0.1, 0.15) is 16.7 Å². The summed E-state index contributed by atoms with van der Waals surface area (Å²) in [5, 5.41) is 0. The minimum atomic E-state index is -3.36. The van der Waals surface area contributed by atoms with Gasteiger partial charge in [0.2, 0.25) is 0 Å². The summed E-state index contributed by atoms with van der Waals surface area (Å²) in [4.78, 5) is 4.65. The molecule has 5 heteroatoms. The summed E-state index contributed by atoms with van der Waals surface area (Å²) >= 11 is -3.36. The van der Waals surface area contributed by atoms with Crippen LogP contribution in [0, 0.1) is 13.8 Å². The Morgan fingerprint density at radius 3 is 1.62 bits per heavy atom. The van der Waals surface area contributed by atoms with Crippen molar-refractivity contribution in [2.75, 3.05) is 22.9 Å². The monoisotopic (exact) mass is 512 g/mol. The van der Waals surface area contributed by atoms with Gasteiger partial charge in [-0.3, -0.25) is 0 Å². The number of nitrogens with zero attached hydrogens (tertiary/aromatic N) is 2. The summed E-state index contributed by atoms with van der Waals surface area (Å²) in [7, 11) is 14.5. The first-order valence-corrected chi connectivity index (χ1v) is 15.9. The van der Waals surface area contributed by atoms with E-state index in [1.165, 1.54) is 22.5 Å². The SMILES string of the molecule is Cc1ccccc1N1CCN(c2ccccc2C)[C]1=[Ru]([Cl])([Cl])=[CH]c1ccccc1. The summed E-state index contributed by atoms with van der Waals surface area (Å²) < 4.78 is 3.13. The second kappa shape index (κ2) is 8.52. The third-order valence-electron chi connectivity index (χ3n) is 5.05. The molecule has 0 N–H and O–H groups in total. The topological polar surface area (TPSA) is 6.48 Å². The first-order valence-electron chi connectivity index (χ1n) is 9.53. The van der Waals surface area contributed by atoms with Crippen LogP contribution in [0.3, 0.4) is 0 Å². The molecule has 1 heterocycles. The zero-order valence-corrected chi connectivity index (χ0v) is 19.8. The van der Waals surface area contributed by atoms with Crippen LogP contribution < -0.4 is 9.80 Å². The van der Waals surface area contributed by atoms with E-state index < -0.39 is 11.9 Å². The molecule has 1 fully saturated rings. The summed E-state index contributed by atoms with van der Waals surface area (Å²) in [6.45, 7) is 6.00. The van der Waals surface area contributed by atoms with Crippen molar-refractivity contribution in [1.29, 1.82) is 0 Å². The Hall–Kier alpha value is -1.80. The maximum absolute atomic E-state index is 7.23. The van der Waals surface area contributed by atoms with E-state index in [-0.39, 0.29) is 0 Å². The van der Waals surface area contributed by atoms with Gasteiger partial charge in [-0.05, 0) is 0 Å². The Balaban J connectivity index is 1.97. The molecule has 0 aromatic heterocycles. The molecule has 0 bridgehead atoms. The summed E-state index contributed by atoms with van der Waals surface area (Å²) in [5.74, 6) is 0. The molecule has 3 aromatic carbocycles. The molecule has 29 heavy (non-hydrogen) atoms. The summed E-state index contributed by atoms with van der Waals surface area (Å²) in [6, 6.07) is 27.0. The van der Waals surface area contributed by atoms with Gasteiger partial charge >= 0.3 is 184 Å². The van der Waals surface area contributed by atoms with Gasteiger partial charge in [0.25, 0.3) is 0 Å². The third kappa shape index (κ3) is 4.24. The predicted molar refractivity (Wildman–Crippen MR) is 125 cm³/mol. The van der Waals surface area contributed by atoms with E-state index in [2.05, 4.69) is 88.9 Å². The molecular weight excluding hydrogens is 488 g/mol. The summed E-state index contributed by atoms with van der Waals surface area (Å²) in [6.07, 6.45) is 0. The second-order valence-electron chi connectivity index (χ2n) is 7.09. The van der Waals surface area contributed by atoms with Crippen molar-refractivity contribution < 1.29 is 11.9 Å². The van der Waals surface area contributed by atoms with Gasteiger partial charge in [0.1, 0.15) is 0 Å². The second-order valence-corrected chi connectivity index (χ2v) is 16.3. The fraction of sp³-hybridized carbons (Fsp3) is 0.167. The first-order chi connectivity index (χ1) is 14.0. The Morgan fingerprint density at radius 1 is 0.690 bits per heavy atom. The van der Waals surface area contributed by atoms with Gasteiger partial charge in [0.05, 0.1) is 0 Å². The molecular formula is C24H24Cl2N2Ru. The molecule has 0 aliphatic carbocycles. The zero-order chi connectivity index (χ0) is 20.4. The Labute approximate surface area is 183 Å². The van der Waals surface area contributed by atoms with E-state index in [0.29, 0.717) is 0 Å². The van der Waals surface area contributed by atoms with Crippen LogP contribution in [0.15, 0.2) is 78.9 Å². The van der Waals surface area contributed by atoms with E-state index in [0.717, 1.165) is 23.0 Å². The normalized spacial score (nSPS) is 15.0. The minimum absolute atomic E-state index is 0.860.